The minimum Gasteiger partial charge on any atom is -0.497 e. The molecule has 0 saturated carbocycles. The molecule has 0 heterocycles. The van der Waals surface area contributed by atoms with Crippen LogP contribution < -0.4 is 14.8 Å². The summed E-state index contributed by atoms with van der Waals surface area (Å²) < 4.78 is 10.4. The maximum atomic E-state index is 12.7. The average Bonchev–Trinajstić information content (AvgIpc) is 2.55. The number of carbonyl (C=O) groups excluding carboxylic acids is 1. The predicted octanol–water partition coefficient (Wildman–Crippen LogP) is 4.14. The Labute approximate surface area is 136 Å². The average molecular weight is 311 g/mol. The van der Waals surface area contributed by atoms with Crippen molar-refractivity contribution in [2.45, 2.75) is 13.8 Å². The second-order valence-electron chi connectivity index (χ2n) is 5.29. The molecule has 0 unspecified atom stereocenters. The van der Waals surface area contributed by atoms with Crippen molar-refractivity contribution in [3.8, 4) is 11.5 Å². The standard InChI is InChI=1S/C19H21NO3/c1-13(2)18(14-6-5-7-17(12-14)23-4)19(21)20-15-8-10-16(22-3)11-9-15/h5-12H,1-4H3,(H,20,21). The van der Waals surface area contributed by atoms with Gasteiger partial charge >= 0.3 is 0 Å². The van der Waals surface area contributed by atoms with Gasteiger partial charge in [0.1, 0.15) is 11.5 Å². The monoisotopic (exact) mass is 311 g/mol. The SMILES string of the molecule is COc1ccc(NC(=O)C(=C(C)C)c2cccc(OC)c2)cc1. The van der Waals surface area contributed by atoms with Crippen LogP contribution in [0.4, 0.5) is 5.69 Å². The van der Waals surface area contributed by atoms with E-state index in [9.17, 15) is 4.79 Å². The number of ether oxygens (including phenoxy) is 2. The molecule has 2 aromatic carbocycles. The first-order valence-corrected chi connectivity index (χ1v) is 7.32. The summed E-state index contributed by atoms with van der Waals surface area (Å²) in [6.07, 6.45) is 0. The van der Waals surface area contributed by atoms with E-state index in [1.807, 2.05) is 62.4 Å². The molecule has 1 amide bonds. The fraction of sp³-hybridized carbons (Fsp3) is 0.211. The summed E-state index contributed by atoms with van der Waals surface area (Å²) in [7, 11) is 3.22. The molecule has 4 nitrogen and oxygen atoms in total. The van der Waals surface area contributed by atoms with E-state index >= 15 is 0 Å². The highest BCUT2D eigenvalue weighted by molar-refractivity contribution is 6.26. The highest BCUT2D eigenvalue weighted by Crippen LogP contribution is 2.25. The van der Waals surface area contributed by atoms with Gasteiger partial charge in [-0.1, -0.05) is 17.7 Å². The molecule has 4 heteroatoms. The van der Waals surface area contributed by atoms with Gasteiger partial charge in [0, 0.05) is 11.3 Å². The predicted molar refractivity (Wildman–Crippen MR) is 92.9 cm³/mol. The molecule has 23 heavy (non-hydrogen) atoms. The van der Waals surface area contributed by atoms with Crippen LogP contribution in [0.5, 0.6) is 11.5 Å². The minimum atomic E-state index is -0.150. The van der Waals surface area contributed by atoms with E-state index in [0.29, 0.717) is 5.57 Å². The van der Waals surface area contributed by atoms with Gasteiger partial charge in [-0.15, -0.1) is 0 Å². The molecule has 0 aliphatic heterocycles. The molecule has 0 bridgehead atoms. The Morgan fingerprint density at radius 2 is 1.57 bits per heavy atom. The van der Waals surface area contributed by atoms with Crippen molar-refractivity contribution >= 4 is 17.2 Å². The van der Waals surface area contributed by atoms with E-state index in [1.54, 1.807) is 14.2 Å². The van der Waals surface area contributed by atoms with E-state index in [0.717, 1.165) is 28.3 Å². The minimum absolute atomic E-state index is 0.150. The lowest BCUT2D eigenvalue weighted by atomic mass is 10.0. The Hall–Kier alpha value is -2.75. The van der Waals surface area contributed by atoms with E-state index in [4.69, 9.17) is 9.47 Å². The zero-order valence-electron chi connectivity index (χ0n) is 13.8. The van der Waals surface area contributed by atoms with Crippen LogP contribution in [0.2, 0.25) is 0 Å². The van der Waals surface area contributed by atoms with Crippen LogP contribution in [-0.2, 0) is 4.79 Å². The number of anilines is 1. The number of nitrogens with one attached hydrogen (secondary N) is 1. The first kappa shape index (κ1) is 16.6. The second kappa shape index (κ2) is 7.49. The fourth-order valence-corrected chi connectivity index (χ4v) is 2.29. The van der Waals surface area contributed by atoms with Crippen LogP contribution in [0.15, 0.2) is 54.1 Å². The molecule has 2 rings (SSSR count). The Balaban J connectivity index is 2.27. The van der Waals surface area contributed by atoms with Gasteiger partial charge in [0.15, 0.2) is 0 Å². The van der Waals surface area contributed by atoms with Gasteiger partial charge in [-0.3, -0.25) is 4.79 Å². The van der Waals surface area contributed by atoms with E-state index in [2.05, 4.69) is 5.32 Å². The lowest BCUT2D eigenvalue weighted by Crippen LogP contribution is -2.14. The number of carbonyl (C=O) groups is 1. The maximum absolute atomic E-state index is 12.7. The molecule has 0 radical (unpaired) electrons. The topological polar surface area (TPSA) is 47.6 Å². The number of hydrogen-bond donors (Lipinski definition) is 1. The van der Waals surface area contributed by atoms with Gasteiger partial charge in [-0.2, -0.15) is 0 Å². The normalized spacial score (nSPS) is 9.91. The third-order valence-corrected chi connectivity index (χ3v) is 3.43. The number of methoxy groups -OCH3 is 2. The van der Waals surface area contributed by atoms with E-state index in [-0.39, 0.29) is 5.91 Å². The number of benzene rings is 2. The van der Waals surface area contributed by atoms with Crippen LogP contribution in [0.25, 0.3) is 5.57 Å². The van der Waals surface area contributed by atoms with Crippen molar-refractivity contribution in [2.24, 2.45) is 0 Å². The first-order valence-electron chi connectivity index (χ1n) is 7.32. The quantitative estimate of drug-likeness (QED) is 0.844. The Morgan fingerprint density at radius 1 is 0.913 bits per heavy atom. The molecule has 0 aliphatic rings. The van der Waals surface area contributed by atoms with Crippen molar-refractivity contribution in [3.05, 3.63) is 59.7 Å². The van der Waals surface area contributed by atoms with Gasteiger partial charge < -0.3 is 14.8 Å². The van der Waals surface area contributed by atoms with Gasteiger partial charge in [0.2, 0.25) is 0 Å². The summed E-state index contributed by atoms with van der Waals surface area (Å²) in [5.41, 5.74) is 3.12. The third-order valence-electron chi connectivity index (χ3n) is 3.43. The van der Waals surface area contributed by atoms with Crippen LogP contribution in [0.1, 0.15) is 19.4 Å². The number of allylic oxidation sites excluding steroid dienone is 1. The zero-order chi connectivity index (χ0) is 16.8. The maximum Gasteiger partial charge on any atom is 0.256 e. The summed E-state index contributed by atoms with van der Waals surface area (Å²) in [4.78, 5) is 12.7. The van der Waals surface area contributed by atoms with Crippen molar-refractivity contribution in [2.75, 3.05) is 19.5 Å². The van der Waals surface area contributed by atoms with Crippen molar-refractivity contribution in [1.29, 1.82) is 0 Å². The molecule has 1 N–H and O–H groups in total. The zero-order valence-corrected chi connectivity index (χ0v) is 13.8. The lowest BCUT2D eigenvalue weighted by molar-refractivity contribution is -0.111. The van der Waals surface area contributed by atoms with Gasteiger partial charge in [0.25, 0.3) is 5.91 Å². The summed E-state index contributed by atoms with van der Waals surface area (Å²) in [6, 6.07) is 14.7. The van der Waals surface area contributed by atoms with Gasteiger partial charge in [0.05, 0.1) is 14.2 Å². The third kappa shape index (κ3) is 4.13. The molecule has 0 atom stereocenters. The number of hydrogen-bond acceptors (Lipinski definition) is 3. The molecule has 0 fully saturated rings. The first-order chi connectivity index (χ1) is 11.0. The van der Waals surface area contributed by atoms with E-state index < -0.39 is 0 Å². The Morgan fingerprint density at radius 3 is 2.13 bits per heavy atom. The molecular weight excluding hydrogens is 290 g/mol. The molecule has 0 aliphatic carbocycles. The summed E-state index contributed by atoms with van der Waals surface area (Å²) in [5.74, 6) is 1.32. The van der Waals surface area contributed by atoms with Crippen molar-refractivity contribution < 1.29 is 14.3 Å². The van der Waals surface area contributed by atoms with Crippen molar-refractivity contribution in [3.63, 3.8) is 0 Å². The van der Waals surface area contributed by atoms with Crippen LogP contribution in [-0.4, -0.2) is 20.1 Å². The highest BCUT2D eigenvalue weighted by atomic mass is 16.5. The Kier molecular flexibility index (Phi) is 5.41. The fourth-order valence-electron chi connectivity index (χ4n) is 2.29. The largest absolute Gasteiger partial charge is 0.497 e. The summed E-state index contributed by atoms with van der Waals surface area (Å²) >= 11 is 0. The molecular formula is C19H21NO3. The molecule has 0 aromatic heterocycles. The van der Waals surface area contributed by atoms with E-state index in [1.165, 1.54) is 0 Å². The van der Waals surface area contributed by atoms with Crippen LogP contribution >= 0.6 is 0 Å². The summed E-state index contributed by atoms with van der Waals surface area (Å²) in [6.45, 7) is 3.84. The summed E-state index contributed by atoms with van der Waals surface area (Å²) in [5, 5.41) is 2.92. The Bertz CT molecular complexity index is 714. The molecule has 2 aromatic rings. The van der Waals surface area contributed by atoms with Gasteiger partial charge in [-0.05, 0) is 55.8 Å². The molecule has 0 saturated heterocycles. The second-order valence-corrected chi connectivity index (χ2v) is 5.29. The van der Waals surface area contributed by atoms with Crippen molar-refractivity contribution in [1.82, 2.24) is 0 Å². The highest BCUT2D eigenvalue weighted by Gasteiger charge is 2.14. The smallest absolute Gasteiger partial charge is 0.256 e. The number of rotatable bonds is 5. The lowest BCUT2D eigenvalue weighted by Gasteiger charge is -2.12. The van der Waals surface area contributed by atoms with Crippen LogP contribution in [0, 0.1) is 0 Å². The van der Waals surface area contributed by atoms with Crippen LogP contribution in [0.3, 0.4) is 0 Å². The van der Waals surface area contributed by atoms with Gasteiger partial charge in [-0.25, -0.2) is 0 Å². The number of amides is 1. The molecule has 120 valence electrons. The molecule has 0 spiro atoms.